The van der Waals surface area contributed by atoms with Crippen molar-refractivity contribution in [3.63, 3.8) is 0 Å². The summed E-state index contributed by atoms with van der Waals surface area (Å²) in [6.07, 6.45) is 5.74. The number of fused-ring (bicyclic) bond motifs is 1. The molecule has 2 heterocycles. The highest BCUT2D eigenvalue weighted by atomic mass is 127. The van der Waals surface area contributed by atoms with Crippen LogP contribution in [0.2, 0.25) is 5.15 Å². The average molecular weight is 409 g/mol. The molecule has 0 aliphatic heterocycles. The fraction of sp³-hybridized carbons (Fsp3) is 0.200. The number of aromatic nitrogens is 4. The Hall–Kier alpha value is -1.34. The predicted molar refractivity (Wildman–Crippen MR) is 90.3 cm³/mol. The lowest BCUT2D eigenvalue weighted by Gasteiger charge is -2.08. The van der Waals surface area contributed by atoms with E-state index in [1.165, 1.54) is 12.8 Å². The lowest BCUT2D eigenvalue weighted by molar-refractivity contribution is 0.978. The summed E-state index contributed by atoms with van der Waals surface area (Å²) < 4.78 is 0.973. The zero-order chi connectivity index (χ0) is 14.4. The van der Waals surface area contributed by atoms with Crippen LogP contribution in [0.4, 0.5) is 0 Å². The van der Waals surface area contributed by atoms with E-state index in [9.17, 15) is 0 Å². The SMILES string of the molecule is Clc1nc(-c2ccc3nccnc3c2)nc(C2CC2)c1I. The molecule has 1 saturated carbocycles. The van der Waals surface area contributed by atoms with Crippen molar-refractivity contribution in [2.45, 2.75) is 18.8 Å². The number of halogens is 2. The van der Waals surface area contributed by atoms with Crippen molar-refractivity contribution in [2.24, 2.45) is 0 Å². The normalized spacial score (nSPS) is 14.6. The second-order valence-corrected chi connectivity index (χ2v) is 6.51. The molecule has 1 aliphatic carbocycles. The highest BCUT2D eigenvalue weighted by Crippen LogP contribution is 2.42. The molecule has 1 fully saturated rings. The van der Waals surface area contributed by atoms with Crippen molar-refractivity contribution < 1.29 is 0 Å². The van der Waals surface area contributed by atoms with E-state index in [1.54, 1.807) is 12.4 Å². The molecule has 4 rings (SSSR count). The monoisotopic (exact) mass is 408 g/mol. The summed E-state index contributed by atoms with van der Waals surface area (Å²) in [6, 6.07) is 5.85. The Morgan fingerprint density at radius 2 is 1.81 bits per heavy atom. The first-order valence-corrected chi connectivity index (χ1v) is 8.12. The third-order valence-corrected chi connectivity index (χ3v) is 5.18. The van der Waals surface area contributed by atoms with Gasteiger partial charge in [-0.15, -0.1) is 0 Å². The molecule has 0 N–H and O–H groups in total. The molecule has 1 aromatic carbocycles. The molecule has 0 amide bonds. The Morgan fingerprint density at radius 3 is 2.57 bits per heavy atom. The van der Waals surface area contributed by atoms with Crippen LogP contribution in [0.3, 0.4) is 0 Å². The third-order valence-electron chi connectivity index (χ3n) is 3.53. The van der Waals surface area contributed by atoms with E-state index >= 15 is 0 Å². The van der Waals surface area contributed by atoms with E-state index in [4.69, 9.17) is 16.6 Å². The van der Waals surface area contributed by atoms with Crippen LogP contribution in [0, 0.1) is 3.57 Å². The third kappa shape index (κ3) is 2.48. The van der Waals surface area contributed by atoms with E-state index in [0.29, 0.717) is 16.9 Å². The van der Waals surface area contributed by atoms with Crippen molar-refractivity contribution >= 4 is 45.2 Å². The van der Waals surface area contributed by atoms with E-state index in [1.807, 2.05) is 18.2 Å². The summed E-state index contributed by atoms with van der Waals surface area (Å²) in [5, 5.41) is 0.529. The molecule has 0 bridgehead atoms. The molecule has 4 nitrogen and oxygen atoms in total. The summed E-state index contributed by atoms with van der Waals surface area (Å²) >= 11 is 8.50. The van der Waals surface area contributed by atoms with Gasteiger partial charge in [0, 0.05) is 23.9 Å². The fourth-order valence-corrected chi connectivity index (χ4v) is 3.15. The Kier molecular flexibility index (Phi) is 3.26. The van der Waals surface area contributed by atoms with Crippen molar-refractivity contribution in [1.29, 1.82) is 0 Å². The van der Waals surface area contributed by atoms with Crippen LogP contribution in [-0.4, -0.2) is 19.9 Å². The van der Waals surface area contributed by atoms with Gasteiger partial charge in [0.05, 0.1) is 20.3 Å². The van der Waals surface area contributed by atoms with Gasteiger partial charge in [-0.05, 0) is 53.6 Å². The second kappa shape index (κ2) is 5.14. The quantitative estimate of drug-likeness (QED) is 0.470. The van der Waals surface area contributed by atoms with Crippen LogP contribution in [0.25, 0.3) is 22.4 Å². The number of benzene rings is 1. The van der Waals surface area contributed by atoms with Gasteiger partial charge in [-0.2, -0.15) is 0 Å². The Balaban J connectivity index is 1.87. The van der Waals surface area contributed by atoms with Gasteiger partial charge in [0.25, 0.3) is 0 Å². The summed E-state index contributed by atoms with van der Waals surface area (Å²) in [4.78, 5) is 17.7. The minimum Gasteiger partial charge on any atom is -0.253 e. The molecule has 6 heteroatoms. The lowest BCUT2D eigenvalue weighted by Crippen LogP contribution is -1.99. The minimum absolute atomic E-state index is 0.529. The van der Waals surface area contributed by atoms with E-state index in [-0.39, 0.29) is 0 Å². The Morgan fingerprint density at radius 1 is 1.05 bits per heavy atom. The zero-order valence-electron chi connectivity index (χ0n) is 10.9. The standard InChI is InChI=1S/C15H10ClIN4/c16-14-12(17)13(8-1-2-8)20-15(21-14)9-3-4-10-11(7-9)19-6-5-18-10/h3-8H,1-2H2. The topological polar surface area (TPSA) is 51.6 Å². The molecule has 21 heavy (non-hydrogen) atoms. The van der Waals surface area contributed by atoms with Gasteiger partial charge >= 0.3 is 0 Å². The minimum atomic E-state index is 0.529. The van der Waals surface area contributed by atoms with Crippen LogP contribution in [0.15, 0.2) is 30.6 Å². The highest BCUT2D eigenvalue weighted by Gasteiger charge is 2.29. The maximum absolute atomic E-state index is 6.27. The molecule has 0 unspecified atom stereocenters. The van der Waals surface area contributed by atoms with Crippen molar-refractivity contribution in [2.75, 3.05) is 0 Å². The molecule has 0 saturated heterocycles. The van der Waals surface area contributed by atoms with E-state index in [2.05, 4.69) is 37.5 Å². The molecule has 2 aromatic heterocycles. The van der Waals surface area contributed by atoms with Gasteiger partial charge in [0.2, 0.25) is 0 Å². The van der Waals surface area contributed by atoms with Gasteiger partial charge < -0.3 is 0 Å². The summed E-state index contributed by atoms with van der Waals surface area (Å²) in [7, 11) is 0. The predicted octanol–water partition coefficient (Wildman–Crippen LogP) is 4.22. The zero-order valence-corrected chi connectivity index (χ0v) is 13.8. The first-order chi connectivity index (χ1) is 10.2. The highest BCUT2D eigenvalue weighted by molar-refractivity contribution is 14.1. The maximum Gasteiger partial charge on any atom is 0.161 e. The first-order valence-electron chi connectivity index (χ1n) is 6.66. The first kappa shape index (κ1) is 13.3. The number of rotatable bonds is 2. The van der Waals surface area contributed by atoms with Gasteiger partial charge in [0.15, 0.2) is 5.82 Å². The van der Waals surface area contributed by atoms with Crippen molar-refractivity contribution in [3.05, 3.63) is 45.0 Å². The van der Waals surface area contributed by atoms with E-state index in [0.717, 1.165) is 25.9 Å². The van der Waals surface area contributed by atoms with Gasteiger partial charge in [-0.1, -0.05) is 11.6 Å². The fourth-order valence-electron chi connectivity index (χ4n) is 2.29. The van der Waals surface area contributed by atoms with Gasteiger partial charge in [-0.3, -0.25) is 9.97 Å². The van der Waals surface area contributed by atoms with Crippen molar-refractivity contribution in [3.8, 4) is 11.4 Å². The second-order valence-electron chi connectivity index (χ2n) is 5.07. The molecule has 104 valence electrons. The molecule has 0 atom stereocenters. The van der Waals surface area contributed by atoms with Gasteiger partial charge in [0.1, 0.15) is 5.15 Å². The summed E-state index contributed by atoms with van der Waals surface area (Å²) in [5.74, 6) is 1.20. The molecule has 0 spiro atoms. The van der Waals surface area contributed by atoms with E-state index < -0.39 is 0 Å². The number of nitrogens with zero attached hydrogens (tertiary/aromatic N) is 4. The van der Waals surface area contributed by atoms with Crippen LogP contribution in [-0.2, 0) is 0 Å². The summed E-state index contributed by atoms with van der Waals surface area (Å²) in [6.45, 7) is 0. The molecule has 0 radical (unpaired) electrons. The number of hydrogen-bond donors (Lipinski definition) is 0. The average Bonchev–Trinajstić information content (AvgIpc) is 3.34. The smallest absolute Gasteiger partial charge is 0.161 e. The largest absolute Gasteiger partial charge is 0.253 e. The Bertz CT molecular complexity index is 848. The molecule has 3 aromatic rings. The van der Waals surface area contributed by atoms with Crippen LogP contribution >= 0.6 is 34.2 Å². The van der Waals surface area contributed by atoms with Crippen LogP contribution in [0.1, 0.15) is 24.5 Å². The van der Waals surface area contributed by atoms with Crippen molar-refractivity contribution in [1.82, 2.24) is 19.9 Å². The van der Waals surface area contributed by atoms with Crippen LogP contribution in [0.5, 0.6) is 0 Å². The summed E-state index contributed by atoms with van der Waals surface area (Å²) in [5.41, 5.74) is 3.69. The maximum atomic E-state index is 6.27. The molecule has 1 aliphatic rings. The molecular formula is C15H10ClIN4. The lowest BCUT2D eigenvalue weighted by atomic mass is 10.1. The molecular weight excluding hydrogens is 399 g/mol. The number of hydrogen-bond acceptors (Lipinski definition) is 4. The Labute approximate surface area is 140 Å². The van der Waals surface area contributed by atoms with Gasteiger partial charge in [-0.25, -0.2) is 9.97 Å². The van der Waals surface area contributed by atoms with Crippen LogP contribution < -0.4 is 0 Å².